The summed E-state index contributed by atoms with van der Waals surface area (Å²) in [4.78, 5) is 20.5. The number of aromatic nitrogens is 6. The molecular formula is C58H36N6. The van der Waals surface area contributed by atoms with Gasteiger partial charge < -0.3 is 9.13 Å². The summed E-state index contributed by atoms with van der Waals surface area (Å²) in [6, 6.07) is 76.6. The summed E-state index contributed by atoms with van der Waals surface area (Å²) in [5, 5.41) is 6.91. The molecule has 0 radical (unpaired) electrons. The van der Waals surface area contributed by atoms with Gasteiger partial charge in [-0.2, -0.15) is 0 Å². The van der Waals surface area contributed by atoms with Crippen molar-refractivity contribution >= 4 is 65.4 Å². The third-order valence-corrected chi connectivity index (χ3v) is 12.5. The van der Waals surface area contributed by atoms with Gasteiger partial charge in [0.25, 0.3) is 0 Å². The third kappa shape index (κ3) is 5.66. The predicted octanol–water partition coefficient (Wildman–Crippen LogP) is 14.4. The Bertz CT molecular complexity index is 3940. The zero-order chi connectivity index (χ0) is 42.1. The largest absolute Gasteiger partial charge is 0.309 e. The number of benzene rings is 9. The first-order chi connectivity index (χ1) is 31.7. The quantitative estimate of drug-likeness (QED) is 0.168. The van der Waals surface area contributed by atoms with Crippen molar-refractivity contribution in [1.82, 2.24) is 29.1 Å². The van der Waals surface area contributed by atoms with Crippen LogP contribution in [0, 0.1) is 0 Å². The molecule has 0 aliphatic heterocycles. The highest BCUT2D eigenvalue weighted by molar-refractivity contribution is 6.29. The van der Waals surface area contributed by atoms with Crippen LogP contribution in [0.5, 0.6) is 0 Å². The minimum atomic E-state index is 0.695. The maximum Gasteiger partial charge on any atom is 0.160 e. The molecule has 6 heteroatoms. The van der Waals surface area contributed by atoms with E-state index in [9.17, 15) is 0 Å². The number of fused-ring (bicyclic) bond motifs is 9. The Kier molecular flexibility index (Phi) is 8.11. The molecule has 0 N–H and O–H groups in total. The van der Waals surface area contributed by atoms with Gasteiger partial charge in [0.2, 0.25) is 0 Å². The van der Waals surface area contributed by atoms with Crippen LogP contribution < -0.4 is 0 Å². The molecule has 4 heterocycles. The molecule has 298 valence electrons. The summed E-state index contributed by atoms with van der Waals surface area (Å²) in [5.41, 5.74) is 14.4. The molecular weight excluding hydrogens is 781 g/mol. The maximum absolute atomic E-state index is 5.22. The van der Waals surface area contributed by atoms with Crippen molar-refractivity contribution < 1.29 is 0 Å². The predicted molar refractivity (Wildman–Crippen MR) is 263 cm³/mol. The molecule has 0 aliphatic rings. The Balaban J connectivity index is 0.966. The van der Waals surface area contributed by atoms with Crippen molar-refractivity contribution in [2.45, 2.75) is 0 Å². The number of rotatable bonds is 6. The summed E-state index contributed by atoms with van der Waals surface area (Å²) in [6.45, 7) is 0. The van der Waals surface area contributed by atoms with E-state index in [1.165, 1.54) is 21.5 Å². The van der Waals surface area contributed by atoms with Crippen molar-refractivity contribution in [2.75, 3.05) is 0 Å². The topological polar surface area (TPSA) is 61.4 Å². The van der Waals surface area contributed by atoms with E-state index >= 15 is 0 Å². The van der Waals surface area contributed by atoms with Gasteiger partial charge in [-0.1, -0.05) is 146 Å². The van der Waals surface area contributed by atoms with Crippen LogP contribution in [0.1, 0.15) is 0 Å². The van der Waals surface area contributed by atoms with Gasteiger partial charge in [0.15, 0.2) is 11.6 Å². The van der Waals surface area contributed by atoms with E-state index in [0.29, 0.717) is 11.6 Å². The molecule has 0 amide bonds. The average molecular weight is 817 g/mol. The molecule has 0 bridgehead atoms. The van der Waals surface area contributed by atoms with Crippen LogP contribution in [0.3, 0.4) is 0 Å². The second kappa shape index (κ2) is 14.4. The summed E-state index contributed by atoms with van der Waals surface area (Å²) < 4.78 is 4.78. The molecule has 13 aromatic rings. The molecule has 9 aromatic carbocycles. The summed E-state index contributed by atoms with van der Waals surface area (Å²) >= 11 is 0. The van der Waals surface area contributed by atoms with E-state index in [2.05, 4.69) is 197 Å². The van der Waals surface area contributed by atoms with Gasteiger partial charge >= 0.3 is 0 Å². The van der Waals surface area contributed by atoms with Crippen LogP contribution in [-0.4, -0.2) is 29.1 Å². The third-order valence-electron chi connectivity index (χ3n) is 12.5. The molecule has 4 aromatic heterocycles. The Morgan fingerprint density at radius 2 is 0.703 bits per heavy atom. The second-order valence-electron chi connectivity index (χ2n) is 16.2. The van der Waals surface area contributed by atoms with E-state index in [1.807, 2.05) is 30.3 Å². The first kappa shape index (κ1) is 36.0. The minimum absolute atomic E-state index is 0.695. The molecule has 0 saturated heterocycles. The van der Waals surface area contributed by atoms with Crippen molar-refractivity contribution in [3.8, 4) is 56.7 Å². The van der Waals surface area contributed by atoms with Crippen LogP contribution in [0.4, 0.5) is 0 Å². The van der Waals surface area contributed by atoms with E-state index in [0.717, 1.165) is 88.9 Å². The summed E-state index contributed by atoms with van der Waals surface area (Å²) in [6.07, 6.45) is 0. The normalized spacial score (nSPS) is 11.8. The molecule has 0 unspecified atom stereocenters. The SMILES string of the molecule is c1ccc(-c2nc(-c3ccc(-n4c5ccccc5c5c6c7ccccc7n(-c7cccc(-c8nc(-c9ccccc9)c9ccccc9n8)c7)c6ccc54)cc3)nc3ccccc23)cc1. The average Bonchev–Trinajstić information content (AvgIpc) is 3.89. The van der Waals surface area contributed by atoms with E-state index in [4.69, 9.17) is 19.9 Å². The van der Waals surface area contributed by atoms with Gasteiger partial charge in [0.1, 0.15) is 0 Å². The molecule has 0 spiro atoms. The van der Waals surface area contributed by atoms with Gasteiger partial charge in [-0.25, -0.2) is 19.9 Å². The van der Waals surface area contributed by atoms with Gasteiger partial charge in [0, 0.05) is 65.9 Å². The van der Waals surface area contributed by atoms with Crippen molar-refractivity contribution in [3.05, 3.63) is 218 Å². The Morgan fingerprint density at radius 3 is 1.25 bits per heavy atom. The van der Waals surface area contributed by atoms with Gasteiger partial charge in [-0.05, 0) is 72.8 Å². The molecule has 0 saturated carbocycles. The number of nitrogens with zero attached hydrogens (tertiary/aromatic N) is 6. The maximum atomic E-state index is 5.22. The first-order valence-electron chi connectivity index (χ1n) is 21.6. The van der Waals surface area contributed by atoms with Gasteiger partial charge in [-0.15, -0.1) is 0 Å². The highest BCUT2D eigenvalue weighted by Crippen LogP contribution is 2.43. The fraction of sp³-hybridized carbons (Fsp3) is 0. The standard InChI is InChI=1S/C58H36N6/c1-3-16-37(17-4-1)55-43-22-7-11-26-47(43)59-57(61-55)39-30-32-41(33-31-39)63-49-28-13-9-24-45(49)53-51(63)34-35-52-54(53)46-25-10-14-29-50(46)64(52)42-21-15-20-40(36-42)58-60-48-27-12-8-23-44(48)56(62-58)38-18-5-2-6-19-38/h1-36H. The fourth-order valence-corrected chi connectivity index (χ4v) is 9.66. The number of para-hydroxylation sites is 4. The minimum Gasteiger partial charge on any atom is -0.309 e. The first-order valence-corrected chi connectivity index (χ1v) is 21.6. The highest BCUT2D eigenvalue weighted by atomic mass is 15.0. The van der Waals surface area contributed by atoms with Crippen molar-refractivity contribution in [2.24, 2.45) is 0 Å². The molecule has 64 heavy (non-hydrogen) atoms. The smallest absolute Gasteiger partial charge is 0.160 e. The number of hydrogen-bond donors (Lipinski definition) is 0. The van der Waals surface area contributed by atoms with E-state index in [1.54, 1.807) is 0 Å². The van der Waals surface area contributed by atoms with Crippen LogP contribution >= 0.6 is 0 Å². The Morgan fingerprint density at radius 1 is 0.266 bits per heavy atom. The monoisotopic (exact) mass is 816 g/mol. The summed E-state index contributed by atoms with van der Waals surface area (Å²) in [5.74, 6) is 1.40. The van der Waals surface area contributed by atoms with Crippen LogP contribution in [0.15, 0.2) is 218 Å². The lowest BCUT2D eigenvalue weighted by molar-refractivity contribution is 1.16. The molecule has 13 rings (SSSR count). The van der Waals surface area contributed by atoms with Gasteiger partial charge in [-0.3, -0.25) is 0 Å². The second-order valence-corrected chi connectivity index (χ2v) is 16.2. The lowest BCUT2D eigenvalue weighted by atomic mass is 10.1. The molecule has 0 aliphatic carbocycles. The molecule has 6 nitrogen and oxygen atoms in total. The van der Waals surface area contributed by atoms with Crippen LogP contribution in [0.25, 0.3) is 122 Å². The highest BCUT2D eigenvalue weighted by Gasteiger charge is 2.21. The Labute approximate surface area is 368 Å². The van der Waals surface area contributed by atoms with Crippen LogP contribution in [0.2, 0.25) is 0 Å². The fourth-order valence-electron chi connectivity index (χ4n) is 9.66. The Hall–Kier alpha value is -8.74. The zero-order valence-electron chi connectivity index (χ0n) is 34.5. The lowest BCUT2D eigenvalue weighted by Crippen LogP contribution is -1.98. The molecule has 0 fully saturated rings. The summed E-state index contributed by atoms with van der Waals surface area (Å²) in [7, 11) is 0. The number of hydrogen-bond acceptors (Lipinski definition) is 4. The zero-order valence-corrected chi connectivity index (χ0v) is 34.5. The van der Waals surface area contributed by atoms with E-state index in [-0.39, 0.29) is 0 Å². The molecule has 0 atom stereocenters. The van der Waals surface area contributed by atoms with Crippen LogP contribution in [-0.2, 0) is 0 Å². The lowest BCUT2D eigenvalue weighted by Gasteiger charge is -2.12. The van der Waals surface area contributed by atoms with Crippen molar-refractivity contribution in [1.29, 1.82) is 0 Å². The van der Waals surface area contributed by atoms with E-state index < -0.39 is 0 Å². The van der Waals surface area contributed by atoms with Crippen molar-refractivity contribution in [3.63, 3.8) is 0 Å². The van der Waals surface area contributed by atoms with Gasteiger partial charge in [0.05, 0.1) is 44.5 Å².